The molecule has 1 aromatic heterocycles. The Kier molecular flexibility index (Phi) is 5.76. The molecule has 1 heterocycles. The number of pyridine rings is 1. The van der Waals surface area contributed by atoms with Crippen molar-refractivity contribution in [3.05, 3.63) is 87.7 Å². The summed E-state index contributed by atoms with van der Waals surface area (Å²) < 4.78 is 0. The first kappa shape index (κ1) is 19.6. The number of carbonyl (C=O) groups excluding carboxylic acids is 2. The van der Waals surface area contributed by atoms with E-state index < -0.39 is 5.91 Å². The highest BCUT2D eigenvalue weighted by atomic mass is 35.5. The molecular weight excluding hydrogens is 374 g/mol. The van der Waals surface area contributed by atoms with E-state index >= 15 is 0 Å². The number of aromatic nitrogens is 1. The van der Waals surface area contributed by atoms with E-state index in [1.54, 1.807) is 24.3 Å². The first-order valence-corrected chi connectivity index (χ1v) is 9.14. The fraction of sp³-hybridized carbons (Fsp3) is 0.136. The molecule has 5 nitrogen and oxygen atoms in total. The summed E-state index contributed by atoms with van der Waals surface area (Å²) in [5.41, 5.74) is 4.68. The zero-order valence-corrected chi connectivity index (χ0v) is 16.6. The molecular formula is C22H20ClN3O2. The van der Waals surface area contributed by atoms with E-state index in [2.05, 4.69) is 15.6 Å². The Morgan fingerprint density at radius 3 is 2.39 bits per heavy atom. The lowest BCUT2D eigenvalue weighted by Crippen LogP contribution is -2.17. The van der Waals surface area contributed by atoms with Crippen molar-refractivity contribution >= 4 is 34.8 Å². The van der Waals surface area contributed by atoms with Crippen LogP contribution in [-0.4, -0.2) is 16.8 Å². The Hall–Kier alpha value is -3.18. The number of hydrogen-bond donors (Lipinski definition) is 2. The molecule has 0 spiro atoms. The van der Waals surface area contributed by atoms with Crippen molar-refractivity contribution in [3.63, 3.8) is 0 Å². The van der Waals surface area contributed by atoms with Gasteiger partial charge in [-0.2, -0.15) is 0 Å². The van der Waals surface area contributed by atoms with E-state index in [0.29, 0.717) is 16.3 Å². The van der Waals surface area contributed by atoms with Gasteiger partial charge < -0.3 is 10.6 Å². The van der Waals surface area contributed by atoms with E-state index in [1.165, 1.54) is 12.3 Å². The minimum absolute atomic E-state index is 0.146. The van der Waals surface area contributed by atoms with Gasteiger partial charge >= 0.3 is 0 Å². The van der Waals surface area contributed by atoms with Gasteiger partial charge in [0, 0.05) is 28.2 Å². The van der Waals surface area contributed by atoms with Gasteiger partial charge in [0.2, 0.25) is 0 Å². The standard InChI is InChI=1S/C22H20ClN3O2/c1-13-7-8-18(14(2)11-13)25-21(27)16-9-10-24-20(12-16)22(28)26-19-6-4-5-17(23)15(19)3/h4-12H,1-3H3,(H,25,27)(H,26,28). The summed E-state index contributed by atoms with van der Waals surface area (Å²) >= 11 is 6.09. The van der Waals surface area contributed by atoms with Crippen LogP contribution in [0.4, 0.5) is 11.4 Å². The molecule has 142 valence electrons. The molecule has 0 radical (unpaired) electrons. The van der Waals surface area contributed by atoms with Crippen LogP contribution < -0.4 is 10.6 Å². The van der Waals surface area contributed by atoms with Crippen LogP contribution in [0.5, 0.6) is 0 Å². The maximum atomic E-state index is 12.6. The lowest BCUT2D eigenvalue weighted by Gasteiger charge is -2.11. The van der Waals surface area contributed by atoms with Crippen LogP contribution in [0.1, 0.15) is 37.5 Å². The smallest absolute Gasteiger partial charge is 0.274 e. The van der Waals surface area contributed by atoms with Gasteiger partial charge in [0.05, 0.1) is 0 Å². The van der Waals surface area contributed by atoms with Gasteiger partial charge in [-0.1, -0.05) is 35.4 Å². The fourth-order valence-corrected chi connectivity index (χ4v) is 2.95. The number of benzene rings is 2. The van der Waals surface area contributed by atoms with Crippen LogP contribution >= 0.6 is 11.6 Å². The molecule has 6 heteroatoms. The first-order chi connectivity index (χ1) is 13.3. The van der Waals surface area contributed by atoms with E-state index in [-0.39, 0.29) is 11.6 Å². The summed E-state index contributed by atoms with van der Waals surface area (Å²) in [6, 6.07) is 14.1. The number of rotatable bonds is 4. The van der Waals surface area contributed by atoms with Gasteiger partial charge in [-0.25, -0.2) is 0 Å². The van der Waals surface area contributed by atoms with Crippen LogP contribution in [0, 0.1) is 20.8 Å². The van der Waals surface area contributed by atoms with E-state index in [1.807, 2.05) is 39.0 Å². The number of nitrogens with one attached hydrogen (secondary N) is 2. The van der Waals surface area contributed by atoms with Crippen LogP contribution in [0.2, 0.25) is 5.02 Å². The van der Waals surface area contributed by atoms with Crippen molar-refractivity contribution in [1.29, 1.82) is 0 Å². The van der Waals surface area contributed by atoms with E-state index in [9.17, 15) is 9.59 Å². The summed E-state index contributed by atoms with van der Waals surface area (Å²) in [6.07, 6.45) is 1.44. The Morgan fingerprint density at radius 2 is 1.64 bits per heavy atom. The summed E-state index contributed by atoms with van der Waals surface area (Å²) in [5.74, 6) is -0.714. The van der Waals surface area contributed by atoms with Gasteiger partial charge in [0.25, 0.3) is 11.8 Å². The quantitative estimate of drug-likeness (QED) is 0.642. The van der Waals surface area contributed by atoms with Gasteiger partial charge in [-0.3, -0.25) is 14.6 Å². The highest BCUT2D eigenvalue weighted by molar-refractivity contribution is 6.31. The van der Waals surface area contributed by atoms with Crippen LogP contribution in [-0.2, 0) is 0 Å². The molecule has 0 saturated heterocycles. The predicted molar refractivity (Wildman–Crippen MR) is 112 cm³/mol. The average Bonchev–Trinajstić information content (AvgIpc) is 2.67. The highest BCUT2D eigenvalue weighted by Gasteiger charge is 2.14. The van der Waals surface area contributed by atoms with Gasteiger partial charge in [0.1, 0.15) is 5.69 Å². The van der Waals surface area contributed by atoms with Gasteiger partial charge in [-0.05, 0) is 62.2 Å². The van der Waals surface area contributed by atoms with Crippen LogP contribution in [0.25, 0.3) is 0 Å². The van der Waals surface area contributed by atoms with Crippen molar-refractivity contribution < 1.29 is 9.59 Å². The molecule has 0 aliphatic rings. The second kappa shape index (κ2) is 8.23. The molecule has 3 aromatic rings. The maximum Gasteiger partial charge on any atom is 0.274 e. The molecule has 0 unspecified atom stereocenters. The number of anilines is 2. The summed E-state index contributed by atoms with van der Waals surface area (Å²) in [6.45, 7) is 5.74. The van der Waals surface area contributed by atoms with Gasteiger partial charge in [0.15, 0.2) is 0 Å². The molecule has 0 aliphatic carbocycles. The van der Waals surface area contributed by atoms with E-state index in [4.69, 9.17) is 11.6 Å². The topological polar surface area (TPSA) is 71.1 Å². The Bertz CT molecular complexity index is 1060. The second-order valence-corrected chi connectivity index (χ2v) is 6.98. The minimum Gasteiger partial charge on any atom is -0.322 e. The molecule has 0 aliphatic heterocycles. The molecule has 0 fully saturated rings. The lowest BCUT2D eigenvalue weighted by atomic mass is 10.1. The molecule has 2 amide bonds. The zero-order chi connectivity index (χ0) is 20.3. The fourth-order valence-electron chi connectivity index (χ4n) is 2.77. The van der Waals surface area contributed by atoms with Crippen molar-refractivity contribution in [1.82, 2.24) is 4.98 Å². The van der Waals surface area contributed by atoms with Crippen molar-refractivity contribution in [3.8, 4) is 0 Å². The van der Waals surface area contributed by atoms with Gasteiger partial charge in [-0.15, -0.1) is 0 Å². The molecule has 2 aromatic carbocycles. The third-order valence-corrected chi connectivity index (χ3v) is 4.81. The number of halogens is 1. The highest BCUT2D eigenvalue weighted by Crippen LogP contribution is 2.23. The molecule has 0 atom stereocenters. The first-order valence-electron chi connectivity index (χ1n) is 8.76. The Labute approximate surface area is 168 Å². The Morgan fingerprint density at radius 1 is 0.893 bits per heavy atom. The number of hydrogen-bond acceptors (Lipinski definition) is 3. The molecule has 3 rings (SSSR count). The third-order valence-electron chi connectivity index (χ3n) is 4.40. The zero-order valence-electron chi connectivity index (χ0n) is 15.8. The summed E-state index contributed by atoms with van der Waals surface area (Å²) in [5, 5.41) is 6.21. The van der Waals surface area contributed by atoms with Crippen molar-refractivity contribution in [2.75, 3.05) is 10.6 Å². The van der Waals surface area contributed by atoms with Crippen molar-refractivity contribution in [2.45, 2.75) is 20.8 Å². The van der Waals surface area contributed by atoms with Crippen LogP contribution in [0.3, 0.4) is 0 Å². The second-order valence-electron chi connectivity index (χ2n) is 6.57. The summed E-state index contributed by atoms with van der Waals surface area (Å²) in [4.78, 5) is 29.2. The lowest BCUT2D eigenvalue weighted by molar-refractivity contribution is 0.102. The molecule has 2 N–H and O–H groups in total. The normalized spacial score (nSPS) is 10.4. The number of aryl methyl sites for hydroxylation is 2. The summed E-state index contributed by atoms with van der Waals surface area (Å²) in [7, 11) is 0. The average molecular weight is 394 g/mol. The number of nitrogens with zero attached hydrogens (tertiary/aromatic N) is 1. The molecule has 0 bridgehead atoms. The molecule has 28 heavy (non-hydrogen) atoms. The SMILES string of the molecule is Cc1ccc(NC(=O)c2ccnc(C(=O)Nc3cccc(Cl)c3C)c2)c(C)c1. The third kappa shape index (κ3) is 4.38. The monoisotopic (exact) mass is 393 g/mol. The largest absolute Gasteiger partial charge is 0.322 e. The maximum absolute atomic E-state index is 12.6. The Balaban J connectivity index is 1.78. The van der Waals surface area contributed by atoms with Crippen LogP contribution in [0.15, 0.2) is 54.7 Å². The van der Waals surface area contributed by atoms with Crippen molar-refractivity contribution in [2.24, 2.45) is 0 Å². The number of amides is 2. The molecule has 0 saturated carbocycles. The van der Waals surface area contributed by atoms with E-state index in [0.717, 1.165) is 22.4 Å². The number of carbonyl (C=O) groups is 2. The minimum atomic E-state index is -0.411. The predicted octanol–water partition coefficient (Wildman–Crippen LogP) is 5.16.